The highest BCUT2D eigenvalue weighted by Gasteiger charge is 2.51. The van der Waals surface area contributed by atoms with Crippen molar-refractivity contribution in [1.29, 1.82) is 0 Å². The lowest BCUT2D eigenvalue weighted by atomic mass is 9.49. The zero-order valence-electron chi connectivity index (χ0n) is 12.9. The van der Waals surface area contributed by atoms with Gasteiger partial charge in [-0.15, -0.1) is 0 Å². The maximum absolute atomic E-state index is 6.31. The van der Waals surface area contributed by atoms with Crippen LogP contribution >= 0.6 is 0 Å². The molecule has 110 valence electrons. The molecular weight excluding hydrogens is 246 g/mol. The number of anilines is 1. The molecule has 1 aromatic heterocycles. The molecule has 4 aliphatic rings. The van der Waals surface area contributed by atoms with Gasteiger partial charge < -0.3 is 10.3 Å². The smallest absolute Gasteiger partial charge is 0.126 e. The minimum Gasteiger partial charge on any atom is -0.384 e. The molecule has 0 spiro atoms. The Morgan fingerprint density at radius 1 is 1.15 bits per heavy atom. The van der Waals surface area contributed by atoms with Crippen LogP contribution in [0.1, 0.15) is 57.0 Å². The lowest BCUT2D eigenvalue weighted by molar-refractivity contribution is -0.0619. The average Bonchev–Trinajstić information content (AvgIpc) is 2.64. The third-order valence-electron chi connectivity index (χ3n) is 6.24. The lowest BCUT2D eigenvalue weighted by Gasteiger charge is -2.57. The predicted octanol–water partition coefficient (Wildman–Crippen LogP) is 3.55. The largest absolute Gasteiger partial charge is 0.384 e. The predicted molar refractivity (Wildman–Crippen MR) is 81.4 cm³/mol. The first-order valence-corrected chi connectivity index (χ1v) is 8.40. The summed E-state index contributed by atoms with van der Waals surface area (Å²) in [5.74, 6) is 5.14. The number of nitrogen functional groups attached to an aromatic ring is 1. The molecule has 20 heavy (non-hydrogen) atoms. The minimum absolute atomic E-state index is 0.542. The Labute approximate surface area is 122 Å². The van der Waals surface area contributed by atoms with Gasteiger partial charge in [-0.1, -0.05) is 6.92 Å². The topological polar surface area (TPSA) is 43.8 Å². The van der Waals surface area contributed by atoms with E-state index in [-0.39, 0.29) is 0 Å². The van der Waals surface area contributed by atoms with Crippen LogP contribution in [0.15, 0.2) is 0 Å². The number of rotatable bonds is 3. The second-order valence-electron chi connectivity index (χ2n) is 7.86. The highest BCUT2D eigenvalue weighted by molar-refractivity contribution is 5.37. The molecule has 0 saturated heterocycles. The van der Waals surface area contributed by atoms with Gasteiger partial charge in [-0.05, 0) is 68.6 Å². The summed E-state index contributed by atoms with van der Waals surface area (Å²) < 4.78 is 2.35. The van der Waals surface area contributed by atoms with Crippen molar-refractivity contribution >= 4 is 5.82 Å². The van der Waals surface area contributed by atoms with Crippen molar-refractivity contribution in [2.75, 3.05) is 5.73 Å². The fourth-order valence-electron chi connectivity index (χ4n) is 5.91. The van der Waals surface area contributed by atoms with Crippen molar-refractivity contribution in [2.45, 2.75) is 65.3 Å². The number of nitrogens with two attached hydrogens (primary N) is 1. The summed E-state index contributed by atoms with van der Waals surface area (Å²) in [6.07, 6.45) is 9.86. The first-order valence-electron chi connectivity index (χ1n) is 8.40. The van der Waals surface area contributed by atoms with E-state index in [2.05, 4.69) is 16.5 Å². The van der Waals surface area contributed by atoms with E-state index < -0.39 is 0 Å². The third kappa shape index (κ3) is 1.82. The molecule has 1 aromatic rings. The summed E-state index contributed by atoms with van der Waals surface area (Å²) in [7, 11) is 0. The second-order valence-corrected chi connectivity index (χ2v) is 7.86. The molecule has 0 aromatic carbocycles. The standard InChI is InChI=1S/C17H27N3/c1-3-15-19-11(2)16(18)20(15)10-17-7-12-4-13(8-17)6-14(5-12)9-17/h12-14H,3-10,18H2,1-2H3. The van der Waals surface area contributed by atoms with Crippen LogP contribution in [0.25, 0.3) is 0 Å². The van der Waals surface area contributed by atoms with E-state index in [9.17, 15) is 0 Å². The van der Waals surface area contributed by atoms with Crippen molar-refractivity contribution in [1.82, 2.24) is 9.55 Å². The number of hydrogen-bond acceptors (Lipinski definition) is 2. The van der Waals surface area contributed by atoms with Gasteiger partial charge in [-0.2, -0.15) is 0 Å². The van der Waals surface area contributed by atoms with Crippen LogP contribution in [0.4, 0.5) is 5.82 Å². The molecule has 0 aliphatic heterocycles. The molecule has 0 atom stereocenters. The van der Waals surface area contributed by atoms with Crippen LogP contribution in [0.2, 0.25) is 0 Å². The molecule has 3 nitrogen and oxygen atoms in total. The Hall–Kier alpha value is -0.990. The Morgan fingerprint density at radius 3 is 2.20 bits per heavy atom. The molecule has 0 radical (unpaired) electrons. The Kier molecular flexibility index (Phi) is 2.71. The molecule has 1 heterocycles. The lowest BCUT2D eigenvalue weighted by Crippen LogP contribution is -2.48. The average molecular weight is 273 g/mol. The van der Waals surface area contributed by atoms with E-state index in [1.54, 1.807) is 0 Å². The fraction of sp³-hybridized carbons (Fsp3) is 0.824. The number of hydrogen-bond donors (Lipinski definition) is 1. The van der Waals surface area contributed by atoms with Gasteiger partial charge in [-0.25, -0.2) is 4.98 Å². The first kappa shape index (κ1) is 12.7. The summed E-state index contributed by atoms with van der Waals surface area (Å²) in [6, 6.07) is 0. The van der Waals surface area contributed by atoms with E-state index in [1.165, 1.54) is 44.3 Å². The van der Waals surface area contributed by atoms with Crippen LogP contribution in [-0.2, 0) is 13.0 Å². The van der Waals surface area contributed by atoms with Crippen LogP contribution in [-0.4, -0.2) is 9.55 Å². The van der Waals surface area contributed by atoms with Gasteiger partial charge >= 0.3 is 0 Å². The zero-order chi connectivity index (χ0) is 13.9. The fourth-order valence-corrected chi connectivity index (χ4v) is 5.91. The first-order chi connectivity index (χ1) is 9.58. The molecular formula is C17H27N3. The van der Waals surface area contributed by atoms with E-state index in [4.69, 9.17) is 5.73 Å². The summed E-state index contributed by atoms with van der Waals surface area (Å²) in [4.78, 5) is 4.66. The number of aromatic nitrogens is 2. The normalized spacial score (nSPS) is 38.6. The van der Waals surface area contributed by atoms with Crippen molar-refractivity contribution in [3.8, 4) is 0 Å². The van der Waals surface area contributed by atoms with E-state index in [0.29, 0.717) is 5.41 Å². The van der Waals surface area contributed by atoms with Gasteiger partial charge in [0.1, 0.15) is 11.6 Å². The highest BCUT2D eigenvalue weighted by Crippen LogP contribution is 2.60. The Morgan fingerprint density at radius 2 is 1.70 bits per heavy atom. The van der Waals surface area contributed by atoms with Crippen LogP contribution in [0.3, 0.4) is 0 Å². The summed E-state index contributed by atoms with van der Waals surface area (Å²) >= 11 is 0. The Bertz CT molecular complexity index is 493. The third-order valence-corrected chi connectivity index (χ3v) is 6.24. The van der Waals surface area contributed by atoms with Crippen molar-refractivity contribution in [3.63, 3.8) is 0 Å². The molecule has 3 heteroatoms. The number of imidazole rings is 1. The number of aryl methyl sites for hydroxylation is 2. The SMILES string of the molecule is CCc1nc(C)c(N)n1CC12CC3CC(CC(C3)C1)C2. The maximum atomic E-state index is 6.31. The van der Waals surface area contributed by atoms with Crippen molar-refractivity contribution in [3.05, 3.63) is 11.5 Å². The van der Waals surface area contributed by atoms with Crippen molar-refractivity contribution < 1.29 is 0 Å². The minimum atomic E-state index is 0.542. The zero-order valence-corrected chi connectivity index (χ0v) is 12.9. The van der Waals surface area contributed by atoms with Crippen LogP contribution < -0.4 is 5.73 Å². The van der Waals surface area contributed by atoms with Gasteiger partial charge in [0, 0.05) is 13.0 Å². The number of nitrogens with zero attached hydrogens (tertiary/aromatic N) is 2. The summed E-state index contributed by atoms with van der Waals surface area (Å²) in [6.45, 7) is 5.37. The molecule has 5 rings (SSSR count). The molecule has 4 aliphatic carbocycles. The van der Waals surface area contributed by atoms with Gasteiger partial charge in [0.05, 0.1) is 5.69 Å². The molecule has 2 N–H and O–H groups in total. The second kappa shape index (κ2) is 4.25. The molecule has 0 unspecified atom stereocenters. The summed E-state index contributed by atoms with van der Waals surface area (Å²) in [5, 5.41) is 0. The maximum Gasteiger partial charge on any atom is 0.126 e. The van der Waals surface area contributed by atoms with Gasteiger partial charge in [0.25, 0.3) is 0 Å². The van der Waals surface area contributed by atoms with Gasteiger partial charge in [-0.3, -0.25) is 0 Å². The molecule has 4 bridgehead atoms. The van der Waals surface area contributed by atoms with E-state index in [0.717, 1.165) is 42.2 Å². The van der Waals surface area contributed by atoms with Crippen LogP contribution in [0.5, 0.6) is 0 Å². The monoisotopic (exact) mass is 273 g/mol. The molecule has 0 amide bonds. The highest BCUT2D eigenvalue weighted by atomic mass is 15.1. The summed E-state index contributed by atoms with van der Waals surface area (Å²) in [5.41, 5.74) is 7.87. The van der Waals surface area contributed by atoms with E-state index in [1.807, 2.05) is 6.92 Å². The van der Waals surface area contributed by atoms with Crippen LogP contribution in [0, 0.1) is 30.1 Å². The van der Waals surface area contributed by atoms with E-state index >= 15 is 0 Å². The molecule has 4 fully saturated rings. The van der Waals surface area contributed by atoms with Crippen molar-refractivity contribution in [2.24, 2.45) is 23.2 Å². The quantitative estimate of drug-likeness (QED) is 0.915. The van der Waals surface area contributed by atoms with Gasteiger partial charge in [0.15, 0.2) is 0 Å². The molecule has 4 saturated carbocycles. The van der Waals surface area contributed by atoms with Gasteiger partial charge in [0.2, 0.25) is 0 Å². The Balaban J connectivity index is 1.66.